The zero-order valence-corrected chi connectivity index (χ0v) is 19.3. The molecule has 0 spiro atoms. The van der Waals surface area contributed by atoms with Crippen molar-refractivity contribution < 1.29 is 9.59 Å². The van der Waals surface area contributed by atoms with Crippen LogP contribution in [-0.4, -0.2) is 45.4 Å². The van der Waals surface area contributed by atoms with E-state index in [4.69, 9.17) is 0 Å². The van der Waals surface area contributed by atoms with Crippen molar-refractivity contribution in [2.45, 2.75) is 32.2 Å². The van der Waals surface area contributed by atoms with Gasteiger partial charge in [-0.1, -0.05) is 18.2 Å². The molecule has 0 saturated carbocycles. The third-order valence-electron chi connectivity index (χ3n) is 6.12. The Labute approximate surface area is 190 Å². The first kappa shape index (κ1) is 20.7. The molecule has 0 bridgehead atoms. The minimum absolute atomic E-state index is 0.0211. The van der Waals surface area contributed by atoms with Crippen molar-refractivity contribution >= 4 is 44.3 Å². The number of fused-ring (bicyclic) bond motifs is 2. The number of imidazole rings is 1. The highest BCUT2D eigenvalue weighted by Crippen LogP contribution is 2.40. The van der Waals surface area contributed by atoms with Crippen LogP contribution in [0.5, 0.6) is 0 Å². The second-order valence-electron chi connectivity index (χ2n) is 8.76. The van der Waals surface area contributed by atoms with Crippen LogP contribution < -0.4 is 5.32 Å². The average Bonchev–Trinajstić information content (AvgIpc) is 3.49. The Bertz CT molecular complexity index is 1340. The number of amides is 2. The fourth-order valence-electron chi connectivity index (χ4n) is 4.60. The molecule has 1 saturated heterocycles. The number of rotatable bonds is 4. The number of aromatic nitrogens is 2. The molecule has 2 aromatic carbocycles. The number of hydrogen-bond donors (Lipinski definition) is 1. The fourth-order valence-corrected chi connectivity index (χ4v) is 5.79. The average molecular weight is 447 g/mol. The quantitative estimate of drug-likeness (QED) is 0.500. The lowest BCUT2D eigenvalue weighted by atomic mass is 9.95. The molecule has 1 unspecified atom stereocenters. The summed E-state index contributed by atoms with van der Waals surface area (Å²) in [6.45, 7) is 5.24. The largest absolute Gasteiger partial charge is 0.349 e. The van der Waals surface area contributed by atoms with E-state index in [1.165, 1.54) is 0 Å². The summed E-state index contributed by atoms with van der Waals surface area (Å²) in [4.78, 5) is 33.3. The molecule has 7 heteroatoms. The summed E-state index contributed by atoms with van der Waals surface area (Å²) in [5.74, 6) is 0.135. The molecule has 1 N–H and O–H groups in total. The Hall–Kier alpha value is -3.19. The van der Waals surface area contributed by atoms with Gasteiger partial charge in [0, 0.05) is 42.4 Å². The van der Waals surface area contributed by atoms with Crippen molar-refractivity contribution in [1.82, 2.24) is 19.8 Å². The van der Waals surface area contributed by atoms with Gasteiger partial charge in [-0.2, -0.15) is 0 Å². The Morgan fingerprint density at radius 1 is 1.19 bits per heavy atom. The van der Waals surface area contributed by atoms with Crippen LogP contribution in [0.3, 0.4) is 0 Å². The predicted molar refractivity (Wildman–Crippen MR) is 128 cm³/mol. The summed E-state index contributed by atoms with van der Waals surface area (Å²) < 4.78 is 3.06. The highest BCUT2D eigenvalue weighted by molar-refractivity contribution is 7.21. The normalized spacial score (nSPS) is 16.4. The minimum atomic E-state index is -0.0263. The number of carbonyl (C=O) groups is 2. The molecule has 164 valence electrons. The Morgan fingerprint density at radius 3 is 2.81 bits per heavy atom. The SMILES string of the molecule is CC(C)NC(=O)c1sc2ccccc2c1C1CCN(C(=O)c2ccc3c(c2)ncn3C)C1. The van der Waals surface area contributed by atoms with E-state index >= 15 is 0 Å². The van der Waals surface area contributed by atoms with Crippen LogP contribution in [0.15, 0.2) is 48.8 Å². The van der Waals surface area contributed by atoms with Crippen molar-refractivity contribution in [2.75, 3.05) is 13.1 Å². The van der Waals surface area contributed by atoms with Gasteiger partial charge in [0.1, 0.15) is 0 Å². The van der Waals surface area contributed by atoms with E-state index in [0.717, 1.165) is 38.0 Å². The molecule has 6 nitrogen and oxygen atoms in total. The number of aryl methyl sites for hydroxylation is 1. The van der Waals surface area contributed by atoms with Gasteiger partial charge in [-0.25, -0.2) is 4.98 Å². The molecule has 2 amide bonds. The van der Waals surface area contributed by atoms with Gasteiger partial charge in [-0.3, -0.25) is 9.59 Å². The third-order valence-corrected chi connectivity index (χ3v) is 7.30. The molecule has 0 radical (unpaired) electrons. The van der Waals surface area contributed by atoms with Crippen LogP contribution in [0.2, 0.25) is 0 Å². The molecule has 4 aromatic rings. The number of likely N-dealkylation sites (tertiary alicyclic amines) is 1. The second-order valence-corrected chi connectivity index (χ2v) is 9.82. The first-order valence-corrected chi connectivity index (χ1v) is 11.8. The number of hydrogen-bond acceptors (Lipinski definition) is 4. The van der Waals surface area contributed by atoms with Crippen molar-refractivity contribution in [3.05, 3.63) is 64.8 Å². The van der Waals surface area contributed by atoms with Gasteiger partial charge >= 0.3 is 0 Å². The topological polar surface area (TPSA) is 67.2 Å². The van der Waals surface area contributed by atoms with Crippen LogP contribution in [0, 0.1) is 0 Å². The van der Waals surface area contributed by atoms with Crippen LogP contribution in [0.25, 0.3) is 21.1 Å². The summed E-state index contributed by atoms with van der Waals surface area (Å²) in [7, 11) is 1.94. The molecular formula is C25H26N4O2S. The third kappa shape index (κ3) is 3.56. The van der Waals surface area contributed by atoms with Gasteiger partial charge in [0.15, 0.2) is 0 Å². The van der Waals surface area contributed by atoms with Crippen LogP contribution in [-0.2, 0) is 7.05 Å². The van der Waals surface area contributed by atoms with Gasteiger partial charge < -0.3 is 14.8 Å². The van der Waals surface area contributed by atoms with Crippen molar-refractivity contribution in [1.29, 1.82) is 0 Å². The Morgan fingerprint density at radius 2 is 2.00 bits per heavy atom. The molecule has 0 aliphatic carbocycles. The molecule has 3 heterocycles. The van der Waals surface area contributed by atoms with Crippen molar-refractivity contribution in [2.24, 2.45) is 7.05 Å². The summed E-state index contributed by atoms with van der Waals surface area (Å²) in [6, 6.07) is 13.9. The zero-order valence-electron chi connectivity index (χ0n) is 18.5. The van der Waals surface area contributed by atoms with E-state index in [-0.39, 0.29) is 23.8 Å². The van der Waals surface area contributed by atoms with Crippen LogP contribution >= 0.6 is 11.3 Å². The first-order valence-electron chi connectivity index (χ1n) is 10.9. The van der Waals surface area contributed by atoms with E-state index in [2.05, 4.69) is 22.4 Å². The lowest BCUT2D eigenvalue weighted by Gasteiger charge is -2.18. The van der Waals surface area contributed by atoms with Gasteiger partial charge in [-0.15, -0.1) is 11.3 Å². The summed E-state index contributed by atoms with van der Waals surface area (Å²) >= 11 is 1.54. The molecule has 1 aliphatic rings. The summed E-state index contributed by atoms with van der Waals surface area (Å²) in [6.07, 6.45) is 2.61. The van der Waals surface area contributed by atoms with Gasteiger partial charge in [0.2, 0.25) is 0 Å². The smallest absolute Gasteiger partial charge is 0.261 e. The molecule has 1 atom stereocenters. The molecule has 1 fully saturated rings. The Balaban J connectivity index is 1.44. The maximum Gasteiger partial charge on any atom is 0.261 e. The summed E-state index contributed by atoms with van der Waals surface area (Å²) in [5.41, 5.74) is 3.57. The highest BCUT2D eigenvalue weighted by atomic mass is 32.1. The lowest BCUT2D eigenvalue weighted by Crippen LogP contribution is -2.31. The van der Waals surface area contributed by atoms with Crippen LogP contribution in [0.1, 0.15) is 51.8 Å². The Kier molecular flexibility index (Phi) is 5.21. The fraction of sp³-hybridized carbons (Fsp3) is 0.320. The summed E-state index contributed by atoms with van der Waals surface area (Å²) in [5, 5.41) is 4.17. The maximum atomic E-state index is 13.3. The minimum Gasteiger partial charge on any atom is -0.349 e. The number of nitrogens with zero attached hydrogens (tertiary/aromatic N) is 3. The van der Waals surface area contributed by atoms with Gasteiger partial charge in [0.05, 0.1) is 22.2 Å². The van der Waals surface area contributed by atoms with E-state index in [9.17, 15) is 9.59 Å². The molecule has 1 aliphatic heterocycles. The van der Waals surface area contributed by atoms with E-state index in [1.54, 1.807) is 17.7 Å². The number of thiophene rings is 1. The zero-order chi connectivity index (χ0) is 22.4. The van der Waals surface area contributed by atoms with E-state index in [1.807, 2.05) is 60.7 Å². The second kappa shape index (κ2) is 8.06. The number of nitrogens with one attached hydrogen (secondary N) is 1. The van der Waals surface area contributed by atoms with Crippen LogP contribution in [0.4, 0.5) is 0 Å². The van der Waals surface area contributed by atoms with Crippen molar-refractivity contribution in [3.8, 4) is 0 Å². The molecule has 5 rings (SSSR count). The monoisotopic (exact) mass is 446 g/mol. The standard InChI is InChI=1S/C25H26N4O2S/c1-15(2)27-24(30)23-22(18-6-4-5-7-21(18)32-23)17-10-11-29(13-17)25(31)16-8-9-20-19(12-16)26-14-28(20)3/h4-9,12,14-15,17H,10-11,13H2,1-3H3,(H,27,30). The van der Waals surface area contributed by atoms with Gasteiger partial charge in [-0.05, 0) is 55.5 Å². The van der Waals surface area contributed by atoms with E-state index in [0.29, 0.717) is 18.7 Å². The van der Waals surface area contributed by atoms with Crippen molar-refractivity contribution in [3.63, 3.8) is 0 Å². The molecule has 2 aromatic heterocycles. The molecular weight excluding hydrogens is 420 g/mol. The predicted octanol–water partition coefficient (Wildman–Crippen LogP) is 4.56. The number of benzene rings is 2. The number of carbonyl (C=O) groups excluding carboxylic acids is 2. The first-order chi connectivity index (χ1) is 15.4. The van der Waals surface area contributed by atoms with Gasteiger partial charge in [0.25, 0.3) is 11.8 Å². The van der Waals surface area contributed by atoms with E-state index < -0.39 is 0 Å². The molecule has 32 heavy (non-hydrogen) atoms. The lowest BCUT2D eigenvalue weighted by molar-refractivity contribution is 0.0791. The highest BCUT2D eigenvalue weighted by Gasteiger charge is 2.33. The maximum absolute atomic E-state index is 13.3.